The number of nitrogens with one attached hydrogen (secondary N) is 1. The summed E-state index contributed by atoms with van der Waals surface area (Å²) in [6, 6.07) is 1.57. The predicted molar refractivity (Wildman–Crippen MR) is 56.5 cm³/mol. The molecule has 0 fully saturated rings. The van der Waals surface area contributed by atoms with Crippen LogP contribution in [0.15, 0.2) is 11.0 Å². The fourth-order valence-electron chi connectivity index (χ4n) is 1.52. The molecule has 1 aliphatic rings. The van der Waals surface area contributed by atoms with E-state index in [1.165, 1.54) is 6.92 Å². The molecule has 1 aliphatic heterocycles. The van der Waals surface area contributed by atoms with E-state index in [2.05, 4.69) is 4.98 Å². The second-order valence-electron chi connectivity index (χ2n) is 3.22. The fourth-order valence-corrected chi connectivity index (χ4v) is 2.52. The number of rotatable bonds is 1. The Morgan fingerprint density at radius 3 is 2.93 bits per heavy atom. The highest BCUT2D eigenvalue weighted by atomic mass is 32.2. The molecule has 6 heteroatoms. The van der Waals surface area contributed by atoms with Crippen LogP contribution < -0.4 is 4.90 Å². The number of thioether (sulfide) groups is 1. The minimum absolute atomic E-state index is 0.0738. The van der Waals surface area contributed by atoms with E-state index < -0.39 is 5.97 Å². The predicted octanol–water partition coefficient (Wildman–Crippen LogP) is 1.17. The van der Waals surface area contributed by atoms with Crippen LogP contribution in [-0.2, 0) is 4.79 Å². The number of fused-ring (bicyclic) bond motifs is 1. The molecule has 0 aromatic carbocycles. The van der Waals surface area contributed by atoms with Crippen molar-refractivity contribution in [3.05, 3.63) is 11.8 Å². The third kappa shape index (κ3) is 1.72. The molecule has 0 bridgehead atoms. The number of aromatic carboxylic acids is 1. The van der Waals surface area contributed by atoms with Crippen LogP contribution in [0.4, 0.5) is 5.82 Å². The van der Waals surface area contributed by atoms with E-state index in [-0.39, 0.29) is 11.6 Å². The van der Waals surface area contributed by atoms with Crippen molar-refractivity contribution < 1.29 is 14.7 Å². The lowest BCUT2D eigenvalue weighted by molar-refractivity contribution is -0.116. The SMILES string of the molecule is CC(=O)N1CCSc2cc(C(=O)O)[nH]c21. The first kappa shape index (κ1) is 10.1. The van der Waals surface area contributed by atoms with Crippen LogP contribution in [0.2, 0.25) is 0 Å². The number of carbonyl (C=O) groups is 2. The maximum absolute atomic E-state index is 11.3. The molecule has 2 rings (SSSR count). The smallest absolute Gasteiger partial charge is 0.352 e. The Kier molecular flexibility index (Phi) is 2.44. The Morgan fingerprint density at radius 1 is 1.60 bits per heavy atom. The standard InChI is InChI=1S/C9H10N2O3S/c1-5(12)11-2-3-15-7-4-6(9(13)14)10-8(7)11/h4,10H,2-3H2,1H3,(H,13,14). The largest absolute Gasteiger partial charge is 0.477 e. The monoisotopic (exact) mass is 226 g/mol. The van der Waals surface area contributed by atoms with Crippen molar-refractivity contribution in [3.63, 3.8) is 0 Å². The van der Waals surface area contributed by atoms with Gasteiger partial charge in [-0.15, -0.1) is 11.8 Å². The van der Waals surface area contributed by atoms with Crippen LogP contribution in [0.1, 0.15) is 17.4 Å². The molecule has 1 aromatic rings. The summed E-state index contributed by atoms with van der Waals surface area (Å²) in [5.74, 6) is 0.323. The summed E-state index contributed by atoms with van der Waals surface area (Å²) in [5, 5.41) is 8.81. The van der Waals surface area contributed by atoms with Gasteiger partial charge in [-0.1, -0.05) is 0 Å². The lowest BCUT2D eigenvalue weighted by Gasteiger charge is -2.24. The van der Waals surface area contributed by atoms with Crippen molar-refractivity contribution in [2.45, 2.75) is 11.8 Å². The molecule has 0 unspecified atom stereocenters. The average Bonchev–Trinajstić information content (AvgIpc) is 2.60. The van der Waals surface area contributed by atoms with E-state index in [0.29, 0.717) is 12.4 Å². The average molecular weight is 226 g/mol. The molecule has 15 heavy (non-hydrogen) atoms. The molecule has 0 saturated heterocycles. The Balaban J connectivity index is 2.43. The molecule has 0 radical (unpaired) electrons. The zero-order valence-electron chi connectivity index (χ0n) is 8.11. The van der Waals surface area contributed by atoms with Gasteiger partial charge in [0.05, 0.1) is 4.90 Å². The highest BCUT2D eigenvalue weighted by Gasteiger charge is 2.24. The van der Waals surface area contributed by atoms with Crippen LogP contribution in [0.25, 0.3) is 0 Å². The lowest BCUT2D eigenvalue weighted by atomic mass is 10.4. The van der Waals surface area contributed by atoms with Gasteiger partial charge >= 0.3 is 5.97 Å². The van der Waals surface area contributed by atoms with E-state index in [1.807, 2.05) is 0 Å². The molecule has 2 heterocycles. The van der Waals surface area contributed by atoms with Crippen LogP contribution in [0.5, 0.6) is 0 Å². The summed E-state index contributed by atoms with van der Waals surface area (Å²) in [5.41, 5.74) is 0.126. The summed E-state index contributed by atoms with van der Waals surface area (Å²) >= 11 is 1.56. The summed E-state index contributed by atoms with van der Waals surface area (Å²) < 4.78 is 0. The first-order chi connectivity index (χ1) is 7.09. The Labute approximate surface area is 90.5 Å². The molecule has 5 nitrogen and oxygen atoms in total. The van der Waals surface area contributed by atoms with Gasteiger partial charge in [-0.05, 0) is 6.07 Å². The number of H-pyrrole nitrogens is 1. The van der Waals surface area contributed by atoms with Gasteiger partial charge in [-0.25, -0.2) is 4.79 Å². The van der Waals surface area contributed by atoms with E-state index in [4.69, 9.17) is 5.11 Å². The maximum Gasteiger partial charge on any atom is 0.352 e. The van der Waals surface area contributed by atoms with Crippen LogP contribution in [-0.4, -0.2) is 34.3 Å². The zero-order chi connectivity index (χ0) is 11.0. The summed E-state index contributed by atoms with van der Waals surface area (Å²) in [7, 11) is 0. The summed E-state index contributed by atoms with van der Waals surface area (Å²) in [6.07, 6.45) is 0. The quantitative estimate of drug-likeness (QED) is 0.754. The minimum atomic E-state index is -1.01. The molecular weight excluding hydrogens is 216 g/mol. The van der Waals surface area contributed by atoms with Crippen LogP contribution in [0, 0.1) is 0 Å². The molecule has 0 atom stereocenters. The molecule has 0 saturated carbocycles. The number of carboxylic acid groups (broad SMARTS) is 1. The topological polar surface area (TPSA) is 73.4 Å². The molecular formula is C9H10N2O3S. The number of carboxylic acids is 1. The lowest BCUT2D eigenvalue weighted by Crippen LogP contribution is -2.33. The van der Waals surface area contributed by atoms with Crippen LogP contribution >= 0.6 is 11.8 Å². The Morgan fingerprint density at radius 2 is 2.33 bits per heavy atom. The van der Waals surface area contributed by atoms with Crippen molar-refractivity contribution in [2.24, 2.45) is 0 Å². The number of amides is 1. The molecule has 80 valence electrons. The first-order valence-corrected chi connectivity index (χ1v) is 5.45. The third-order valence-corrected chi connectivity index (χ3v) is 3.22. The minimum Gasteiger partial charge on any atom is -0.477 e. The van der Waals surface area contributed by atoms with Gasteiger partial charge in [-0.2, -0.15) is 0 Å². The van der Waals surface area contributed by atoms with Gasteiger partial charge in [-0.3, -0.25) is 9.69 Å². The fraction of sp³-hybridized carbons (Fsp3) is 0.333. The second kappa shape index (κ2) is 3.62. The Hall–Kier alpha value is -1.43. The highest BCUT2D eigenvalue weighted by molar-refractivity contribution is 7.99. The second-order valence-corrected chi connectivity index (χ2v) is 4.36. The molecule has 0 aliphatic carbocycles. The molecule has 0 spiro atoms. The van der Waals surface area contributed by atoms with Crippen molar-refractivity contribution in [3.8, 4) is 0 Å². The van der Waals surface area contributed by atoms with Gasteiger partial charge in [0.1, 0.15) is 11.5 Å². The van der Waals surface area contributed by atoms with Crippen molar-refractivity contribution >= 4 is 29.5 Å². The normalized spacial score (nSPS) is 14.9. The van der Waals surface area contributed by atoms with E-state index in [1.54, 1.807) is 22.7 Å². The molecule has 1 amide bonds. The summed E-state index contributed by atoms with van der Waals surface area (Å²) in [4.78, 5) is 27.2. The van der Waals surface area contributed by atoms with E-state index >= 15 is 0 Å². The highest BCUT2D eigenvalue weighted by Crippen LogP contribution is 2.34. The summed E-state index contributed by atoms with van der Waals surface area (Å²) in [6.45, 7) is 2.09. The van der Waals surface area contributed by atoms with Crippen molar-refractivity contribution in [2.75, 3.05) is 17.2 Å². The van der Waals surface area contributed by atoms with Gasteiger partial charge in [0.2, 0.25) is 5.91 Å². The number of nitrogens with zero attached hydrogens (tertiary/aromatic N) is 1. The van der Waals surface area contributed by atoms with Gasteiger partial charge in [0.25, 0.3) is 0 Å². The van der Waals surface area contributed by atoms with Crippen LogP contribution in [0.3, 0.4) is 0 Å². The van der Waals surface area contributed by atoms with E-state index in [0.717, 1.165) is 10.6 Å². The van der Waals surface area contributed by atoms with Gasteiger partial charge in [0, 0.05) is 19.2 Å². The number of carbonyl (C=O) groups excluding carboxylic acids is 1. The Bertz CT molecular complexity index is 427. The number of anilines is 1. The molecule has 2 N–H and O–H groups in total. The number of aromatic nitrogens is 1. The number of hydrogen-bond donors (Lipinski definition) is 2. The van der Waals surface area contributed by atoms with E-state index in [9.17, 15) is 9.59 Å². The first-order valence-electron chi connectivity index (χ1n) is 4.47. The molecule has 1 aromatic heterocycles. The van der Waals surface area contributed by atoms with Crippen molar-refractivity contribution in [1.82, 2.24) is 4.98 Å². The van der Waals surface area contributed by atoms with Gasteiger partial charge < -0.3 is 10.1 Å². The third-order valence-electron chi connectivity index (χ3n) is 2.21. The van der Waals surface area contributed by atoms with Gasteiger partial charge in [0.15, 0.2) is 0 Å². The van der Waals surface area contributed by atoms with Crippen molar-refractivity contribution in [1.29, 1.82) is 0 Å². The number of hydrogen-bond acceptors (Lipinski definition) is 3. The zero-order valence-corrected chi connectivity index (χ0v) is 8.93. The maximum atomic E-state index is 11.3. The number of aromatic amines is 1.